The van der Waals surface area contributed by atoms with E-state index in [-0.39, 0.29) is 5.91 Å². The number of amides is 1. The van der Waals surface area contributed by atoms with E-state index >= 15 is 0 Å². The van der Waals surface area contributed by atoms with Crippen LogP contribution in [-0.4, -0.2) is 44.6 Å². The van der Waals surface area contributed by atoms with Crippen molar-refractivity contribution in [2.75, 3.05) is 33.8 Å². The van der Waals surface area contributed by atoms with Crippen LogP contribution in [0.3, 0.4) is 0 Å². The van der Waals surface area contributed by atoms with Gasteiger partial charge in [-0.15, -0.1) is 0 Å². The first-order valence-electron chi connectivity index (χ1n) is 8.38. The van der Waals surface area contributed by atoms with Crippen LogP contribution in [0.2, 0.25) is 0 Å². The Balaban J connectivity index is 1.76. The second kappa shape index (κ2) is 9.28. The van der Waals surface area contributed by atoms with Crippen molar-refractivity contribution < 1.29 is 9.53 Å². The summed E-state index contributed by atoms with van der Waals surface area (Å²) >= 11 is 3.49. The lowest BCUT2D eigenvalue weighted by Gasteiger charge is -2.32. The molecule has 0 saturated carbocycles. The minimum atomic E-state index is 0.281. The molecule has 1 fully saturated rings. The van der Waals surface area contributed by atoms with Crippen molar-refractivity contribution in [2.24, 2.45) is 5.92 Å². The molecule has 128 valence electrons. The van der Waals surface area contributed by atoms with E-state index in [2.05, 4.69) is 21.2 Å². The van der Waals surface area contributed by atoms with Gasteiger partial charge in [0.15, 0.2) is 0 Å². The summed E-state index contributed by atoms with van der Waals surface area (Å²) in [4.78, 5) is 14.4. The topological polar surface area (TPSA) is 41.6 Å². The van der Waals surface area contributed by atoms with Crippen LogP contribution in [0.4, 0.5) is 0 Å². The molecule has 0 atom stereocenters. The third kappa shape index (κ3) is 5.50. The average Bonchev–Trinajstić information content (AvgIpc) is 2.58. The molecule has 2 rings (SSSR count). The Morgan fingerprint density at radius 1 is 1.39 bits per heavy atom. The van der Waals surface area contributed by atoms with Gasteiger partial charge in [-0.3, -0.25) is 4.79 Å². The second-order valence-electron chi connectivity index (χ2n) is 6.19. The molecule has 1 aromatic carbocycles. The Kier molecular flexibility index (Phi) is 7.37. The van der Waals surface area contributed by atoms with Crippen molar-refractivity contribution in [1.29, 1.82) is 0 Å². The van der Waals surface area contributed by atoms with E-state index in [0.29, 0.717) is 6.42 Å². The molecule has 0 unspecified atom stereocenters. The number of nitrogens with zero attached hydrogens (tertiary/aromatic N) is 1. The number of carbonyl (C=O) groups is 1. The molecule has 1 amide bonds. The molecule has 1 aliphatic rings. The summed E-state index contributed by atoms with van der Waals surface area (Å²) in [6.45, 7) is 2.91. The number of methoxy groups -OCH3 is 1. The molecule has 1 aliphatic heterocycles. The monoisotopic (exact) mass is 382 g/mol. The lowest BCUT2D eigenvalue weighted by atomic mass is 9.93. The highest BCUT2D eigenvalue weighted by Crippen LogP contribution is 2.26. The molecule has 4 nitrogen and oxygen atoms in total. The van der Waals surface area contributed by atoms with Gasteiger partial charge in [0.25, 0.3) is 0 Å². The number of carbonyl (C=O) groups excluding carboxylic acids is 1. The number of ether oxygens (including phenoxy) is 1. The predicted molar refractivity (Wildman–Crippen MR) is 96.9 cm³/mol. The highest BCUT2D eigenvalue weighted by Gasteiger charge is 2.22. The molecule has 1 N–H and O–H groups in total. The van der Waals surface area contributed by atoms with E-state index < -0.39 is 0 Å². The Hall–Kier alpha value is -1.07. The van der Waals surface area contributed by atoms with Crippen LogP contribution in [0.5, 0.6) is 5.75 Å². The van der Waals surface area contributed by atoms with Gasteiger partial charge in [0.05, 0.1) is 11.6 Å². The first-order chi connectivity index (χ1) is 11.1. The van der Waals surface area contributed by atoms with Crippen molar-refractivity contribution in [3.63, 3.8) is 0 Å². The molecule has 0 spiro atoms. The van der Waals surface area contributed by atoms with Gasteiger partial charge < -0.3 is 15.0 Å². The summed E-state index contributed by atoms with van der Waals surface area (Å²) in [5.41, 5.74) is 1.16. The summed E-state index contributed by atoms with van der Waals surface area (Å²) in [7, 11) is 3.65. The maximum Gasteiger partial charge on any atom is 0.222 e. The van der Waals surface area contributed by atoms with E-state index in [1.165, 1.54) is 6.42 Å². The summed E-state index contributed by atoms with van der Waals surface area (Å²) < 4.78 is 6.17. The van der Waals surface area contributed by atoms with Crippen molar-refractivity contribution in [1.82, 2.24) is 10.2 Å². The third-order valence-electron chi connectivity index (χ3n) is 4.61. The number of hydrogen-bond acceptors (Lipinski definition) is 3. The predicted octanol–water partition coefficient (Wildman–Crippen LogP) is 3.24. The van der Waals surface area contributed by atoms with Gasteiger partial charge in [0.1, 0.15) is 5.75 Å². The van der Waals surface area contributed by atoms with Gasteiger partial charge in [-0.1, -0.05) is 6.07 Å². The molecule has 0 aliphatic carbocycles. The van der Waals surface area contributed by atoms with Crippen LogP contribution in [0, 0.1) is 5.92 Å². The zero-order valence-electron chi connectivity index (χ0n) is 14.1. The number of aryl methyl sites for hydroxylation is 1. The number of benzene rings is 1. The minimum Gasteiger partial charge on any atom is -0.496 e. The second-order valence-corrected chi connectivity index (χ2v) is 7.04. The van der Waals surface area contributed by atoms with E-state index in [4.69, 9.17) is 4.74 Å². The Morgan fingerprint density at radius 3 is 2.74 bits per heavy atom. The van der Waals surface area contributed by atoms with Gasteiger partial charge >= 0.3 is 0 Å². The number of nitrogens with one attached hydrogen (secondary N) is 1. The Morgan fingerprint density at radius 2 is 2.13 bits per heavy atom. The lowest BCUT2D eigenvalue weighted by molar-refractivity contribution is -0.132. The van der Waals surface area contributed by atoms with Crippen LogP contribution in [0.15, 0.2) is 22.7 Å². The molecular formula is C18H27BrN2O2. The maximum atomic E-state index is 12.4. The maximum absolute atomic E-state index is 12.4. The van der Waals surface area contributed by atoms with Crippen LogP contribution in [0.1, 0.15) is 31.2 Å². The first-order valence-corrected chi connectivity index (χ1v) is 9.18. The van der Waals surface area contributed by atoms with Crippen molar-refractivity contribution in [2.45, 2.75) is 32.1 Å². The van der Waals surface area contributed by atoms with Crippen molar-refractivity contribution >= 4 is 21.8 Å². The highest BCUT2D eigenvalue weighted by atomic mass is 79.9. The zero-order chi connectivity index (χ0) is 16.7. The molecular weight excluding hydrogens is 356 g/mol. The molecule has 0 aromatic heterocycles. The number of rotatable bonds is 7. The minimum absolute atomic E-state index is 0.281. The standard InChI is InChI=1S/C18H27BrN2O2/c1-20-10-7-14-8-11-21(12-9-14)18(22)6-4-15-3-5-17(23-2)16(19)13-15/h3,5,13-14,20H,4,6-12H2,1-2H3. The summed E-state index contributed by atoms with van der Waals surface area (Å²) in [6.07, 6.45) is 4.86. The summed E-state index contributed by atoms with van der Waals surface area (Å²) in [6, 6.07) is 6.01. The van der Waals surface area contributed by atoms with Crippen molar-refractivity contribution in [3.8, 4) is 5.75 Å². The SMILES string of the molecule is CNCCC1CCN(C(=O)CCc2ccc(OC)c(Br)c2)CC1. The fourth-order valence-corrected chi connectivity index (χ4v) is 3.68. The molecule has 23 heavy (non-hydrogen) atoms. The van der Waals surface area contributed by atoms with E-state index in [0.717, 1.165) is 60.6 Å². The quantitative estimate of drug-likeness (QED) is 0.786. The number of piperidine rings is 1. The Bertz CT molecular complexity index is 514. The molecule has 0 bridgehead atoms. The molecule has 1 heterocycles. The fourth-order valence-electron chi connectivity index (χ4n) is 3.09. The molecule has 1 aromatic rings. The number of halogens is 1. The first kappa shape index (κ1) is 18.3. The van der Waals surface area contributed by atoms with E-state index in [9.17, 15) is 4.79 Å². The lowest BCUT2D eigenvalue weighted by Crippen LogP contribution is -2.39. The average molecular weight is 383 g/mol. The van der Waals surface area contributed by atoms with Crippen LogP contribution in [0.25, 0.3) is 0 Å². The van der Waals surface area contributed by atoms with E-state index in [1.54, 1.807) is 7.11 Å². The van der Waals surface area contributed by atoms with Gasteiger partial charge in [0.2, 0.25) is 5.91 Å². The number of hydrogen-bond donors (Lipinski definition) is 1. The van der Waals surface area contributed by atoms with Gasteiger partial charge in [-0.05, 0) is 78.8 Å². The molecule has 0 radical (unpaired) electrons. The highest BCUT2D eigenvalue weighted by molar-refractivity contribution is 9.10. The molecule has 5 heteroatoms. The fraction of sp³-hybridized carbons (Fsp3) is 0.611. The van der Waals surface area contributed by atoms with Gasteiger partial charge in [0, 0.05) is 19.5 Å². The normalized spacial score (nSPS) is 15.7. The van der Waals surface area contributed by atoms with E-state index in [1.807, 2.05) is 30.1 Å². The largest absolute Gasteiger partial charge is 0.496 e. The molecule has 1 saturated heterocycles. The van der Waals surface area contributed by atoms with Gasteiger partial charge in [-0.2, -0.15) is 0 Å². The number of likely N-dealkylation sites (tertiary alicyclic amines) is 1. The van der Waals surface area contributed by atoms with Crippen LogP contribution >= 0.6 is 15.9 Å². The Labute approximate surface area is 147 Å². The third-order valence-corrected chi connectivity index (χ3v) is 5.23. The van der Waals surface area contributed by atoms with Crippen molar-refractivity contribution in [3.05, 3.63) is 28.2 Å². The van der Waals surface area contributed by atoms with Crippen LogP contribution < -0.4 is 10.1 Å². The summed E-state index contributed by atoms with van der Waals surface area (Å²) in [5, 5.41) is 3.21. The van der Waals surface area contributed by atoms with Crippen LogP contribution in [-0.2, 0) is 11.2 Å². The van der Waals surface area contributed by atoms with Gasteiger partial charge in [-0.25, -0.2) is 0 Å². The summed E-state index contributed by atoms with van der Waals surface area (Å²) in [5.74, 6) is 1.87. The smallest absolute Gasteiger partial charge is 0.222 e. The zero-order valence-corrected chi connectivity index (χ0v) is 15.7.